The van der Waals surface area contributed by atoms with Gasteiger partial charge in [0.05, 0.1) is 11.8 Å². The predicted molar refractivity (Wildman–Crippen MR) is 147 cm³/mol. The molecule has 32 heavy (non-hydrogen) atoms. The number of nitrogens with zero attached hydrogens (tertiary/aromatic N) is 1. The van der Waals surface area contributed by atoms with Gasteiger partial charge in [-0.1, -0.05) is 61.7 Å². The van der Waals surface area contributed by atoms with Crippen LogP contribution in [-0.2, 0) is 20.5 Å². The number of carbonyl (C=O) groups is 1. The number of thiazole rings is 1. The Balaban J connectivity index is 2.86. The average molecular weight is 655 g/mol. The van der Waals surface area contributed by atoms with E-state index in [2.05, 4.69) is 68.3 Å². The first-order valence-corrected chi connectivity index (χ1v) is 16.0. The van der Waals surface area contributed by atoms with E-state index in [0.29, 0.717) is 5.01 Å². The van der Waals surface area contributed by atoms with Gasteiger partial charge in [-0.2, -0.15) is 0 Å². The maximum Gasteiger partial charge on any atom is 0.508 e. The first kappa shape index (κ1) is 30.2. The number of alkyl halides is 3. The van der Waals surface area contributed by atoms with Crippen molar-refractivity contribution in [2.75, 3.05) is 6.61 Å². The highest BCUT2D eigenvalue weighted by atomic mass is 127. The second-order valence-corrected chi connectivity index (χ2v) is 17.3. The van der Waals surface area contributed by atoms with Crippen molar-refractivity contribution < 1.29 is 18.7 Å². The third-order valence-corrected chi connectivity index (χ3v) is 11.3. The Kier molecular flexibility index (Phi) is 13.7. The van der Waals surface area contributed by atoms with Crippen LogP contribution in [0.2, 0.25) is 18.1 Å². The van der Waals surface area contributed by atoms with Crippen molar-refractivity contribution in [1.29, 1.82) is 0 Å². The zero-order valence-corrected chi connectivity index (χ0v) is 25.3. The lowest BCUT2D eigenvalue weighted by atomic mass is 10.1. The minimum Gasteiger partial charge on any atom is -0.430 e. The van der Waals surface area contributed by atoms with Gasteiger partial charge in [0, 0.05) is 5.38 Å². The van der Waals surface area contributed by atoms with Gasteiger partial charge in [0.1, 0.15) is 18.2 Å². The fraction of sp³-hybridized carbons (Fsp3) is 0.619. The maximum atomic E-state index is 11.6. The van der Waals surface area contributed by atoms with Crippen LogP contribution in [0.3, 0.4) is 0 Å². The van der Waals surface area contributed by atoms with Gasteiger partial charge in [0.2, 0.25) is 3.79 Å². The highest BCUT2D eigenvalue weighted by molar-refractivity contribution is 14.1. The molecule has 0 N–H and O–H groups in total. The van der Waals surface area contributed by atoms with E-state index in [0.717, 1.165) is 35.8 Å². The zero-order valence-electron chi connectivity index (χ0n) is 19.1. The molecule has 0 aliphatic rings. The Morgan fingerprint density at radius 1 is 1.22 bits per heavy atom. The molecule has 0 aliphatic heterocycles. The molecule has 1 heterocycles. The predicted octanol–water partition coefficient (Wildman–Crippen LogP) is 8.69. The molecule has 0 unspecified atom stereocenters. The molecule has 0 aliphatic carbocycles. The summed E-state index contributed by atoms with van der Waals surface area (Å²) < 4.78 is 16.1. The molecule has 1 rings (SSSR count). The molecule has 0 aromatic carbocycles. The number of hydrogen-bond acceptors (Lipinski definition) is 6. The average Bonchev–Trinajstić information content (AvgIpc) is 3.18. The number of hydrogen-bond donors (Lipinski definition) is 0. The third-order valence-electron chi connectivity index (χ3n) is 5.06. The quantitative estimate of drug-likeness (QED) is 0.0977. The summed E-state index contributed by atoms with van der Waals surface area (Å²) in [5.74, 6) is 0. The van der Waals surface area contributed by atoms with E-state index in [1.807, 2.05) is 11.5 Å². The van der Waals surface area contributed by atoms with Crippen molar-refractivity contribution in [2.45, 2.75) is 75.7 Å². The standard InChI is InChI=1S/C21H31Cl3INO4SSi/c1-6-32(7-2,8-3)30-18(10-9-16(5)25)15(4)11-17-13-31-19(26-17)12-28-20(27)29-14-21(22,23)24/h9,11,13,18H,6-8,10,12,14H2,1-5H3/b15-11+,16-9-/t18-/m0/s1. The van der Waals surface area contributed by atoms with Gasteiger partial charge in [0.25, 0.3) is 0 Å². The molecule has 182 valence electrons. The second-order valence-electron chi connectivity index (χ2n) is 7.37. The van der Waals surface area contributed by atoms with Gasteiger partial charge in [-0.3, -0.25) is 0 Å². The Bertz CT molecular complexity index is 782. The Labute approximate surface area is 225 Å². The summed E-state index contributed by atoms with van der Waals surface area (Å²) in [6.07, 6.45) is 4.20. The van der Waals surface area contributed by atoms with E-state index in [1.165, 1.54) is 14.9 Å². The van der Waals surface area contributed by atoms with E-state index in [-0.39, 0.29) is 19.3 Å². The molecule has 0 radical (unpaired) electrons. The van der Waals surface area contributed by atoms with Gasteiger partial charge in [-0.05, 0) is 76.2 Å². The molecule has 0 saturated carbocycles. The normalized spacial score (nSPS) is 14.4. The lowest BCUT2D eigenvalue weighted by Crippen LogP contribution is -2.40. The summed E-state index contributed by atoms with van der Waals surface area (Å²) in [5.41, 5.74) is 1.94. The van der Waals surface area contributed by atoms with Crippen LogP contribution in [0.1, 0.15) is 51.7 Å². The summed E-state index contributed by atoms with van der Waals surface area (Å²) in [6, 6.07) is 3.30. The van der Waals surface area contributed by atoms with Gasteiger partial charge in [0.15, 0.2) is 8.32 Å². The summed E-state index contributed by atoms with van der Waals surface area (Å²) >= 11 is 20.4. The largest absolute Gasteiger partial charge is 0.508 e. The van der Waals surface area contributed by atoms with Gasteiger partial charge in [-0.25, -0.2) is 9.78 Å². The van der Waals surface area contributed by atoms with Crippen molar-refractivity contribution in [3.8, 4) is 0 Å². The number of carbonyl (C=O) groups excluding carboxylic acids is 1. The number of aromatic nitrogens is 1. The van der Waals surface area contributed by atoms with Crippen LogP contribution in [0.15, 0.2) is 20.6 Å². The van der Waals surface area contributed by atoms with Crippen LogP contribution >= 0.6 is 68.7 Å². The minimum atomic E-state index is -1.76. The monoisotopic (exact) mass is 653 g/mol. The second kappa shape index (κ2) is 14.5. The molecule has 1 aromatic heterocycles. The van der Waals surface area contributed by atoms with Crippen molar-refractivity contribution >= 4 is 89.3 Å². The molecule has 0 saturated heterocycles. The number of halogens is 4. The van der Waals surface area contributed by atoms with Crippen LogP contribution in [0, 0.1) is 0 Å². The fourth-order valence-corrected chi connectivity index (χ4v) is 6.95. The van der Waals surface area contributed by atoms with Crippen LogP contribution in [0.5, 0.6) is 0 Å². The molecule has 0 bridgehead atoms. The molecular weight excluding hydrogens is 624 g/mol. The third kappa shape index (κ3) is 11.5. The summed E-state index contributed by atoms with van der Waals surface area (Å²) in [5, 5.41) is 2.57. The summed E-state index contributed by atoms with van der Waals surface area (Å²) in [7, 11) is -1.76. The highest BCUT2D eigenvalue weighted by Crippen LogP contribution is 2.29. The molecule has 0 amide bonds. The van der Waals surface area contributed by atoms with Crippen molar-refractivity contribution in [2.24, 2.45) is 0 Å². The minimum absolute atomic E-state index is 0.00945. The van der Waals surface area contributed by atoms with Crippen LogP contribution < -0.4 is 0 Å². The Morgan fingerprint density at radius 3 is 2.38 bits per heavy atom. The summed E-state index contributed by atoms with van der Waals surface area (Å²) in [4.78, 5) is 16.1. The number of rotatable bonds is 12. The zero-order chi connectivity index (χ0) is 24.4. The fourth-order valence-electron chi connectivity index (χ4n) is 2.99. The highest BCUT2D eigenvalue weighted by Gasteiger charge is 2.32. The lowest BCUT2D eigenvalue weighted by molar-refractivity contribution is 0.0511. The van der Waals surface area contributed by atoms with E-state index < -0.39 is 18.3 Å². The first-order valence-electron chi connectivity index (χ1n) is 10.4. The Hall–Kier alpha value is 0.157. The van der Waals surface area contributed by atoms with Gasteiger partial charge in [-0.15, -0.1) is 11.3 Å². The van der Waals surface area contributed by atoms with Crippen LogP contribution in [0.4, 0.5) is 4.79 Å². The molecule has 0 spiro atoms. The van der Waals surface area contributed by atoms with Crippen molar-refractivity contribution in [3.63, 3.8) is 0 Å². The molecule has 1 aromatic rings. The molecular formula is C21H31Cl3INO4SSi. The van der Waals surface area contributed by atoms with Crippen LogP contribution in [0.25, 0.3) is 6.08 Å². The van der Waals surface area contributed by atoms with E-state index >= 15 is 0 Å². The number of ether oxygens (including phenoxy) is 2. The van der Waals surface area contributed by atoms with Gasteiger partial charge < -0.3 is 13.9 Å². The molecule has 0 fully saturated rings. The molecule has 1 atom stereocenters. The topological polar surface area (TPSA) is 57.7 Å². The first-order chi connectivity index (χ1) is 14.9. The number of allylic oxidation sites excluding steroid dienone is 1. The van der Waals surface area contributed by atoms with Crippen molar-refractivity contribution in [3.05, 3.63) is 31.3 Å². The smallest absolute Gasteiger partial charge is 0.430 e. The van der Waals surface area contributed by atoms with E-state index in [1.54, 1.807) is 0 Å². The Morgan fingerprint density at radius 2 is 1.84 bits per heavy atom. The lowest BCUT2D eigenvalue weighted by Gasteiger charge is -2.33. The van der Waals surface area contributed by atoms with Crippen LogP contribution in [-0.4, -0.2) is 36.0 Å². The molecule has 11 heteroatoms. The maximum absolute atomic E-state index is 11.6. The van der Waals surface area contributed by atoms with E-state index in [9.17, 15) is 4.79 Å². The van der Waals surface area contributed by atoms with E-state index in [4.69, 9.17) is 48.7 Å². The molecule has 5 nitrogen and oxygen atoms in total. The summed E-state index contributed by atoms with van der Waals surface area (Å²) in [6.45, 7) is 10.5. The van der Waals surface area contributed by atoms with Crippen molar-refractivity contribution in [1.82, 2.24) is 4.98 Å². The van der Waals surface area contributed by atoms with Gasteiger partial charge >= 0.3 is 6.16 Å². The SMILES string of the molecule is CC[Si](CC)(CC)O[C@@H](C/C=C(/C)I)/C(C)=C/c1csc(COC(=O)OCC(Cl)(Cl)Cl)n1.